The van der Waals surface area contributed by atoms with Crippen molar-refractivity contribution in [1.29, 1.82) is 0 Å². The first-order valence-electron chi connectivity index (χ1n) is 8.36. The fourth-order valence-corrected chi connectivity index (χ4v) is 3.16. The molecule has 1 aliphatic carbocycles. The second-order valence-corrected chi connectivity index (χ2v) is 6.44. The zero-order valence-corrected chi connectivity index (χ0v) is 15.0. The van der Waals surface area contributed by atoms with Crippen LogP contribution < -0.4 is 11.5 Å². The van der Waals surface area contributed by atoms with Crippen LogP contribution in [0.15, 0.2) is 29.3 Å². The van der Waals surface area contributed by atoms with Crippen LogP contribution in [0.2, 0.25) is 0 Å². The number of hydrogen-bond donors (Lipinski definition) is 3. The quantitative estimate of drug-likeness (QED) is 0.388. The first kappa shape index (κ1) is 21.0. The molecule has 0 bridgehead atoms. The van der Waals surface area contributed by atoms with E-state index >= 15 is 0 Å². The monoisotopic (exact) mass is 367 g/mol. The van der Waals surface area contributed by atoms with Gasteiger partial charge in [0.25, 0.3) is 0 Å². The minimum absolute atomic E-state index is 0. The lowest BCUT2D eigenvalue weighted by atomic mass is 9.78. The van der Waals surface area contributed by atoms with Crippen LogP contribution in [0, 0.1) is 11.8 Å². The largest absolute Gasteiger partial charge is 0.481 e. The number of carboxylic acid groups (broad SMARTS) is 1. The van der Waals surface area contributed by atoms with E-state index in [9.17, 15) is 9.59 Å². The second kappa shape index (κ2) is 10.0. The number of aryl methyl sites for hydroxylation is 1. The topological polar surface area (TPSA) is 119 Å². The molecule has 0 spiro atoms. The van der Waals surface area contributed by atoms with Crippen LogP contribution in [0.25, 0.3) is 0 Å². The highest BCUT2D eigenvalue weighted by Crippen LogP contribution is 2.31. The number of carbonyl (C=O) groups excluding carboxylic acids is 1. The number of carbonyl (C=O) groups is 2. The van der Waals surface area contributed by atoms with Crippen LogP contribution in [0.1, 0.15) is 48.0 Å². The zero-order valence-electron chi connectivity index (χ0n) is 14.2. The number of Topliss-reactive ketones (excluding diaryl/α,β-unsaturated/α-hetero) is 1. The van der Waals surface area contributed by atoms with Gasteiger partial charge in [0.15, 0.2) is 11.7 Å². The molecular formula is C18H26ClN3O3. The molecule has 1 aromatic carbocycles. The number of aliphatic imine (C=N–C) groups is 1. The fraction of sp³-hybridized carbons (Fsp3) is 0.500. The minimum atomic E-state index is -0.812. The van der Waals surface area contributed by atoms with Crippen molar-refractivity contribution >= 4 is 30.1 Å². The number of nitrogens with two attached hydrogens (primary N) is 2. The Morgan fingerprint density at radius 1 is 1.08 bits per heavy atom. The molecule has 1 aromatic rings. The third-order valence-corrected chi connectivity index (χ3v) is 4.62. The SMILES string of the molecule is Cl.NC(N)=NCC1CCC(C(=O)c2ccc(CCC(=O)O)cc2)CC1. The number of ketones is 1. The van der Waals surface area contributed by atoms with Crippen LogP contribution in [-0.2, 0) is 11.2 Å². The Morgan fingerprint density at radius 3 is 2.20 bits per heavy atom. The molecule has 0 radical (unpaired) electrons. The van der Waals surface area contributed by atoms with Crippen molar-refractivity contribution in [3.05, 3.63) is 35.4 Å². The number of nitrogens with zero attached hydrogens (tertiary/aromatic N) is 1. The van der Waals surface area contributed by atoms with Gasteiger partial charge in [-0.1, -0.05) is 24.3 Å². The highest BCUT2D eigenvalue weighted by molar-refractivity contribution is 5.97. The highest BCUT2D eigenvalue weighted by atomic mass is 35.5. The van der Waals surface area contributed by atoms with Gasteiger partial charge in [-0.05, 0) is 43.6 Å². The molecule has 0 heterocycles. The molecule has 5 N–H and O–H groups in total. The molecule has 0 saturated heterocycles. The van der Waals surface area contributed by atoms with Gasteiger partial charge >= 0.3 is 5.97 Å². The maximum Gasteiger partial charge on any atom is 0.303 e. The van der Waals surface area contributed by atoms with Crippen LogP contribution in [0.4, 0.5) is 0 Å². The Kier molecular flexibility index (Phi) is 8.41. The Hall–Kier alpha value is -2.08. The molecule has 0 atom stereocenters. The van der Waals surface area contributed by atoms with Gasteiger partial charge in [0.1, 0.15) is 0 Å². The van der Waals surface area contributed by atoms with E-state index in [0.29, 0.717) is 24.4 Å². The van der Waals surface area contributed by atoms with E-state index in [-0.39, 0.29) is 36.5 Å². The lowest BCUT2D eigenvalue weighted by Gasteiger charge is -2.26. The van der Waals surface area contributed by atoms with Gasteiger partial charge in [-0.3, -0.25) is 14.6 Å². The normalized spacial score (nSPS) is 19.5. The molecule has 0 amide bonds. The van der Waals surface area contributed by atoms with E-state index in [1.807, 2.05) is 24.3 Å². The molecule has 0 aromatic heterocycles. The number of rotatable bonds is 7. The van der Waals surface area contributed by atoms with Crippen molar-refractivity contribution in [1.82, 2.24) is 0 Å². The summed E-state index contributed by atoms with van der Waals surface area (Å²) < 4.78 is 0. The molecule has 6 nitrogen and oxygen atoms in total. The summed E-state index contributed by atoms with van der Waals surface area (Å²) in [5, 5.41) is 8.70. The van der Waals surface area contributed by atoms with Gasteiger partial charge < -0.3 is 16.6 Å². The van der Waals surface area contributed by atoms with E-state index in [1.54, 1.807) is 0 Å². The van der Waals surface area contributed by atoms with Crippen molar-refractivity contribution in [2.45, 2.75) is 38.5 Å². The van der Waals surface area contributed by atoms with Gasteiger partial charge in [0.05, 0.1) is 0 Å². The van der Waals surface area contributed by atoms with Crippen LogP contribution in [0.3, 0.4) is 0 Å². The van der Waals surface area contributed by atoms with Gasteiger partial charge in [0, 0.05) is 24.4 Å². The number of carboxylic acids is 1. The molecule has 25 heavy (non-hydrogen) atoms. The maximum absolute atomic E-state index is 12.6. The molecule has 0 aliphatic heterocycles. The predicted octanol–water partition coefficient (Wildman–Crippen LogP) is 2.39. The summed E-state index contributed by atoms with van der Waals surface area (Å²) in [7, 11) is 0. The smallest absolute Gasteiger partial charge is 0.303 e. The van der Waals surface area contributed by atoms with Crippen molar-refractivity contribution in [2.75, 3.05) is 6.54 Å². The molecular weight excluding hydrogens is 342 g/mol. The average Bonchev–Trinajstić information content (AvgIpc) is 2.58. The first-order valence-corrected chi connectivity index (χ1v) is 8.36. The summed E-state index contributed by atoms with van der Waals surface area (Å²) in [6.07, 6.45) is 4.25. The first-order chi connectivity index (χ1) is 11.5. The Morgan fingerprint density at radius 2 is 1.68 bits per heavy atom. The molecule has 7 heteroatoms. The van der Waals surface area contributed by atoms with Gasteiger partial charge in [-0.15, -0.1) is 12.4 Å². The van der Waals surface area contributed by atoms with E-state index in [2.05, 4.69) is 4.99 Å². The number of benzene rings is 1. The van der Waals surface area contributed by atoms with Crippen molar-refractivity contribution in [3.8, 4) is 0 Å². The van der Waals surface area contributed by atoms with Crippen molar-refractivity contribution in [2.24, 2.45) is 28.3 Å². The third kappa shape index (κ3) is 6.74. The van der Waals surface area contributed by atoms with E-state index in [4.69, 9.17) is 16.6 Å². The number of aliphatic carboxylic acids is 1. The Labute approximate surface area is 154 Å². The average molecular weight is 368 g/mol. The summed E-state index contributed by atoms with van der Waals surface area (Å²) in [5.41, 5.74) is 12.4. The van der Waals surface area contributed by atoms with Crippen LogP contribution in [-0.4, -0.2) is 29.4 Å². The van der Waals surface area contributed by atoms with Crippen LogP contribution >= 0.6 is 12.4 Å². The van der Waals surface area contributed by atoms with E-state index in [1.165, 1.54) is 0 Å². The Bertz CT molecular complexity index is 604. The summed E-state index contributed by atoms with van der Waals surface area (Å²) in [5.74, 6) is 0.00349. The summed E-state index contributed by atoms with van der Waals surface area (Å²) in [6, 6.07) is 7.32. The molecule has 2 rings (SSSR count). The summed E-state index contributed by atoms with van der Waals surface area (Å²) >= 11 is 0. The van der Waals surface area contributed by atoms with Gasteiger partial charge in [-0.2, -0.15) is 0 Å². The molecule has 1 fully saturated rings. The molecule has 1 saturated carbocycles. The number of guanidine groups is 1. The van der Waals surface area contributed by atoms with Crippen LogP contribution in [0.5, 0.6) is 0 Å². The summed E-state index contributed by atoms with van der Waals surface area (Å²) in [4.78, 5) is 27.2. The fourth-order valence-electron chi connectivity index (χ4n) is 3.16. The lowest BCUT2D eigenvalue weighted by molar-refractivity contribution is -0.136. The molecule has 0 unspecified atom stereocenters. The maximum atomic E-state index is 12.6. The predicted molar refractivity (Wildman–Crippen MR) is 100 cm³/mol. The van der Waals surface area contributed by atoms with E-state index < -0.39 is 5.97 Å². The standard InChI is InChI=1S/C18H25N3O3.ClH/c19-18(20)21-11-13-3-8-15(9-4-13)17(24)14-6-1-12(2-7-14)5-10-16(22)23;/h1-2,6-7,13,15H,3-5,8-11H2,(H,22,23)(H4,19,20,21);1H. The highest BCUT2D eigenvalue weighted by Gasteiger charge is 2.26. The number of hydrogen-bond acceptors (Lipinski definition) is 3. The number of halogens is 1. The zero-order chi connectivity index (χ0) is 17.5. The molecule has 1 aliphatic rings. The summed E-state index contributed by atoms with van der Waals surface area (Å²) in [6.45, 7) is 0.640. The van der Waals surface area contributed by atoms with Gasteiger partial charge in [0.2, 0.25) is 0 Å². The van der Waals surface area contributed by atoms with Crippen molar-refractivity contribution in [3.63, 3.8) is 0 Å². The van der Waals surface area contributed by atoms with Gasteiger partial charge in [-0.25, -0.2) is 0 Å². The second-order valence-electron chi connectivity index (χ2n) is 6.44. The van der Waals surface area contributed by atoms with Crippen molar-refractivity contribution < 1.29 is 14.7 Å². The Balaban J connectivity index is 0.00000312. The van der Waals surface area contributed by atoms with E-state index in [0.717, 1.165) is 31.2 Å². The third-order valence-electron chi connectivity index (χ3n) is 4.62. The minimum Gasteiger partial charge on any atom is -0.481 e. The molecule has 138 valence electrons. The lowest BCUT2D eigenvalue weighted by Crippen LogP contribution is -2.26.